The van der Waals surface area contributed by atoms with Gasteiger partial charge in [-0.15, -0.1) is 11.8 Å². The van der Waals surface area contributed by atoms with E-state index in [1.807, 2.05) is 42.6 Å². The fourth-order valence-electron chi connectivity index (χ4n) is 3.90. The second-order valence-electron chi connectivity index (χ2n) is 8.09. The Kier molecular flexibility index (Phi) is 8.58. The number of carbonyl (C=O) groups is 2. The largest absolute Gasteiger partial charge is 0.497 e. The van der Waals surface area contributed by atoms with Crippen LogP contribution in [-0.4, -0.2) is 50.0 Å². The lowest BCUT2D eigenvalue weighted by atomic mass is 10.2. The van der Waals surface area contributed by atoms with E-state index < -0.39 is 0 Å². The molecule has 0 spiro atoms. The molecule has 0 bridgehead atoms. The number of carbonyl (C=O) groups excluding carboxylic acids is 2. The zero-order valence-electron chi connectivity index (χ0n) is 20.9. The molecule has 1 heterocycles. The maximum Gasteiger partial charge on any atom is 0.251 e. The van der Waals surface area contributed by atoms with Crippen LogP contribution in [0.1, 0.15) is 10.4 Å². The molecule has 4 aromatic rings. The van der Waals surface area contributed by atoms with Crippen LogP contribution in [0.25, 0.3) is 10.9 Å². The van der Waals surface area contributed by atoms with Gasteiger partial charge in [-0.05, 0) is 48.5 Å². The molecule has 2 amide bonds. The molecule has 37 heavy (non-hydrogen) atoms. The van der Waals surface area contributed by atoms with Gasteiger partial charge in [0.1, 0.15) is 5.75 Å². The number of hydrogen-bond donors (Lipinski definition) is 2. The molecular weight excluding hydrogens is 490 g/mol. The molecule has 0 aliphatic rings. The molecule has 0 fully saturated rings. The Labute approximate surface area is 219 Å². The number of rotatable bonds is 11. The third kappa shape index (κ3) is 6.37. The van der Waals surface area contributed by atoms with Crippen LogP contribution in [-0.2, 0) is 11.3 Å². The van der Waals surface area contributed by atoms with Crippen LogP contribution in [0, 0.1) is 0 Å². The highest BCUT2D eigenvalue weighted by Gasteiger charge is 2.13. The first-order valence-electron chi connectivity index (χ1n) is 11.7. The zero-order chi connectivity index (χ0) is 26.2. The number of nitrogens with one attached hydrogen (secondary N) is 2. The topological polar surface area (TPSA) is 90.8 Å². The minimum absolute atomic E-state index is 0.0887. The van der Waals surface area contributed by atoms with Gasteiger partial charge in [0, 0.05) is 46.3 Å². The lowest BCUT2D eigenvalue weighted by molar-refractivity contribution is -0.113. The van der Waals surface area contributed by atoms with E-state index in [-0.39, 0.29) is 17.6 Å². The molecule has 0 radical (unpaired) electrons. The summed E-state index contributed by atoms with van der Waals surface area (Å²) in [6.07, 6.45) is 2.03. The van der Waals surface area contributed by atoms with Gasteiger partial charge in [-0.2, -0.15) is 0 Å². The molecule has 0 saturated heterocycles. The van der Waals surface area contributed by atoms with Crippen LogP contribution in [0.15, 0.2) is 77.8 Å². The standard InChI is InChI=1S/C28H29N3O5S/c1-34-21-11-9-20(10-12-21)30-27(32)18-37-26-17-31(23-7-5-4-6-22(23)26)15-14-29-28(33)19-8-13-24(35-2)25(16-19)36-3/h4-13,16-17H,14-15,18H2,1-3H3,(H,29,33)(H,30,32). The molecule has 3 aromatic carbocycles. The van der Waals surface area contributed by atoms with Gasteiger partial charge in [-0.1, -0.05) is 18.2 Å². The van der Waals surface area contributed by atoms with E-state index in [9.17, 15) is 9.59 Å². The fourth-order valence-corrected chi connectivity index (χ4v) is 4.79. The normalized spacial score (nSPS) is 10.7. The first-order valence-corrected chi connectivity index (χ1v) is 12.7. The summed E-state index contributed by atoms with van der Waals surface area (Å²) in [7, 11) is 4.70. The predicted molar refractivity (Wildman–Crippen MR) is 146 cm³/mol. The van der Waals surface area contributed by atoms with Gasteiger partial charge < -0.3 is 29.4 Å². The van der Waals surface area contributed by atoms with Gasteiger partial charge in [0.05, 0.1) is 27.1 Å². The van der Waals surface area contributed by atoms with E-state index in [0.717, 1.165) is 27.2 Å². The van der Waals surface area contributed by atoms with E-state index >= 15 is 0 Å². The number of anilines is 1. The number of ether oxygens (including phenoxy) is 3. The number of para-hydroxylation sites is 1. The molecule has 0 aliphatic heterocycles. The van der Waals surface area contributed by atoms with Crippen molar-refractivity contribution in [2.75, 3.05) is 38.9 Å². The molecule has 0 atom stereocenters. The number of aromatic nitrogens is 1. The van der Waals surface area contributed by atoms with Crippen molar-refractivity contribution in [3.05, 3.63) is 78.5 Å². The van der Waals surface area contributed by atoms with Crippen LogP contribution in [0.3, 0.4) is 0 Å². The van der Waals surface area contributed by atoms with Crippen LogP contribution in [0.5, 0.6) is 17.2 Å². The maximum absolute atomic E-state index is 12.7. The second kappa shape index (κ2) is 12.2. The molecule has 1 aromatic heterocycles. The Morgan fingerprint density at radius 3 is 2.38 bits per heavy atom. The van der Waals surface area contributed by atoms with Crippen molar-refractivity contribution in [2.24, 2.45) is 0 Å². The van der Waals surface area contributed by atoms with E-state index in [2.05, 4.69) is 15.2 Å². The molecule has 9 heteroatoms. The average Bonchev–Trinajstić information content (AvgIpc) is 3.29. The van der Waals surface area contributed by atoms with Gasteiger partial charge in [0.2, 0.25) is 5.91 Å². The minimum Gasteiger partial charge on any atom is -0.497 e. The highest BCUT2D eigenvalue weighted by Crippen LogP contribution is 2.30. The van der Waals surface area contributed by atoms with Gasteiger partial charge in [0.15, 0.2) is 11.5 Å². The van der Waals surface area contributed by atoms with Crippen molar-refractivity contribution >= 4 is 40.2 Å². The molecule has 4 rings (SSSR count). The van der Waals surface area contributed by atoms with E-state index in [1.54, 1.807) is 44.6 Å². The Bertz CT molecular complexity index is 1380. The minimum atomic E-state index is -0.192. The Morgan fingerprint density at radius 2 is 1.65 bits per heavy atom. The summed E-state index contributed by atoms with van der Waals surface area (Å²) >= 11 is 1.48. The molecule has 0 aliphatic carbocycles. The van der Waals surface area contributed by atoms with Crippen molar-refractivity contribution in [1.29, 1.82) is 0 Å². The molecule has 0 saturated carbocycles. The number of thioether (sulfide) groups is 1. The predicted octanol–water partition coefficient (Wildman–Crippen LogP) is 4.83. The lowest BCUT2D eigenvalue weighted by Crippen LogP contribution is -2.27. The Morgan fingerprint density at radius 1 is 0.892 bits per heavy atom. The van der Waals surface area contributed by atoms with Crippen LogP contribution < -0.4 is 24.8 Å². The summed E-state index contributed by atoms with van der Waals surface area (Å²) in [5.41, 5.74) is 2.26. The van der Waals surface area contributed by atoms with E-state index in [4.69, 9.17) is 14.2 Å². The number of methoxy groups -OCH3 is 3. The first kappa shape index (κ1) is 26.0. The van der Waals surface area contributed by atoms with E-state index in [1.165, 1.54) is 18.9 Å². The van der Waals surface area contributed by atoms with Crippen molar-refractivity contribution < 1.29 is 23.8 Å². The first-order chi connectivity index (χ1) is 18.0. The maximum atomic E-state index is 12.7. The summed E-state index contributed by atoms with van der Waals surface area (Å²) in [5, 5.41) is 6.94. The number of fused-ring (bicyclic) bond motifs is 1. The van der Waals surface area contributed by atoms with Crippen molar-refractivity contribution in [3.8, 4) is 17.2 Å². The summed E-state index contributed by atoms with van der Waals surface area (Å²) in [6.45, 7) is 1.02. The summed E-state index contributed by atoms with van der Waals surface area (Å²) in [5.74, 6) is 1.80. The van der Waals surface area contributed by atoms with Gasteiger partial charge in [0.25, 0.3) is 5.91 Å². The van der Waals surface area contributed by atoms with Crippen molar-refractivity contribution in [3.63, 3.8) is 0 Å². The van der Waals surface area contributed by atoms with Crippen LogP contribution in [0.2, 0.25) is 0 Å². The fraction of sp³-hybridized carbons (Fsp3) is 0.214. The van der Waals surface area contributed by atoms with Crippen LogP contribution >= 0.6 is 11.8 Å². The second-order valence-corrected chi connectivity index (χ2v) is 9.11. The SMILES string of the molecule is COc1ccc(NC(=O)CSc2cn(CCNC(=O)c3ccc(OC)c(OC)c3)c3ccccc23)cc1. The smallest absolute Gasteiger partial charge is 0.251 e. The molecule has 0 unspecified atom stereocenters. The zero-order valence-corrected chi connectivity index (χ0v) is 21.8. The van der Waals surface area contributed by atoms with Gasteiger partial charge in [-0.25, -0.2) is 0 Å². The quantitative estimate of drug-likeness (QED) is 0.276. The summed E-state index contributed by atoms with van der Waals surface area (Å²) in [6, 6.07) is 20.3. The molecule has 8 nitrogen and oxygen atoms in total. The van der Waals surface area contributed by atoms with Gasteiger partial charge in [-0.3, -0.25) is 9.59 Å². The number of nitrogens with zero attached hydrogens (tertiary/aromatic N) is 1. The van der Waals surface area contributed by atoms with Crippen molar-refractivity contribution in [2.45, 2.75) is 11.4 Å². The third-order valence-electron chi connectivity index (χ3n) is 5.77. The molecule has 192 valence electrons. The van der Waals surface area contributed by atoms with Crippen LogP contribution in [0.4, 0.5) is 5.69 Å². The highest BCUT2D eigenvalue weighted by molar-refractivity contribution is 8.00. The number of benzene rings is 3. The average molecular weight is 520 g/mol. The number of amides is 2. The van der Waals surface area contributed by atoms with Crippen molar-refractivity contribution in [1.82, 2.24) is 9.88 Å². The van der Waals surface area contributed by atoms with E-state index in [0.29, 0.717) is 30.2 Å². The molecular formula is C28H29N3O5S. The highest BCUT2D eigenvalue weighted by atomic mass is 32.2. The summed E-state index contributed by atoms with van der Waals surface area (Å²) in [4.78, 5) is 26.2. The Hall–Kier alpha value is -4.11. The molecule has 2 N–H and O–H groups in total. The number of hydrogen-bond acceptors (Lipinski definition) is 6. The van der Waals surface area contributed by atoms with Gasteiger partial charge >= 0.3 is 0 Å². The monoisotopic (exact) mass is 519 g/mol. The lowest BCUT2D eigenvalue weighted by Gasteiger charge is -2.10. The Balaban J connectivity index is 1.37. The summed E-state index contributed by atoms with van der Waals surface area (Å²) < 4.78 is 17.8. The third-order valence-corrected chi connectivity index (χ3v) is 6.81.